The third-order valence-electron chi connectivity index (χ3n) is 2.77. The molecule has 0 aliphatic heterocycles. The van der Waals surface area contributed by atoms with Gasteiger partial charge in [0.2, 0.25) is 0 Å². The topological polar surface area (TPSA) is 67.1 Å². The second-order valence-electron chi connectivity index (χ2n) is 4.48. The summed E-state index contributed by atoms with van der Waals surface area (Å²) in [6.07, 6.45) is 3.86. The van der Waals surface area contributed by atoms with Crippen molar-refractivity contribution in [2.45, 2.75) is 26.7 Å². The largest absolute Gasteiger partial charge is 0.360 e. The lowest BCUT2D eigenvalue weighted by Crippen LogP contribution is -2.19. The Bertz CT molecular complexity index is 525. The average Bonchev–Trinajstić information content (AvgIpc) is 2.81. The minimum absolute atomic E-state index is 0.651. The van der Waals surface area contributed by atoms with Crippen molar-refractivity contribution in [1.82, 2.24) is 15.1 Å². The highest BCUT2D eigenvalue weighted by molar-refractivity contribution is 5.55. The van der Waals surface area contributed by atoms with E-state index in [9.17, 15) is 0 Å². The number of unbranched alkanes of at least 4 members (excludes halogenated alkanes) is 1. The molecule has 0 aromatic carbocycles. The Morgan fingerprint density at radius 2 is 2.11 bits per heavy atom. The van der Waals surface area contributed by atoms with Crippen molar-refractivity contribution in [2.75, 3.05) is 23.8 Å². The highest BCUT2D eigenvalue weighted by Gasteiger charge is 2.06. The quantitative estimate of drug-likeness (QED) is 0.862. The molecule has 2 aromatic heterocycles. The molecule has 2 rings (SSSR count). The van der Waals surface area contributed by atoms with Gasteiger partial charge in [-0.15, -0.1) is 0 Å². The molecule has 0 unspecified atom stereocenters. The van der Waals surface area contributed by atoms with Gasteiger partial charge in [-0.25, -0.2) is 9.97 Å². The number of anilines is 3. The third kappa shape index (κ3) is 3.67. The van der Waals surface area contributed by atoms with Crippen LogP contribution in [0.1, 0.15) is 25.5 Å². The lowest BCUT2D eigenvalue weighted by molar-refractivity contribution is 0.400. The van der Waals surface area contributed by atoms with Gasteiger partial charge in [-0.05, 0) is 13.3 Å². The molecule has 0 saturated carbocycles. The number of rotatable bonds is 6. The van der Waals surface area contributed by atoms with E-state index in [0.29, 0.717) is 11.6 Å². The molecule has 2 heterocycles. The smallest absolute Gasteiger partial charge is 0.175 e. The summed E-state index contributed by atoms with van der Waals surface area (Å²) in [7, 11) is 2.03. The molecule has 0 bridgehead atoms. The molecule has 0 radical (unpaired) electrons. The van der Waals surface area contributed by atoms with Crippen LogP contribution in [-0.2, 0) is 0 Å². The summed E-state index contributed by atoms with van der Waals surface area (Å²) in [4.78, 5) is 10.6. The predicted molar refractivity (Wildman–Crippen MR) is 74.7 cm³/mol. The van der Waals surface area contributed by atoms with Gasteiger partial charge in [-0.1, -0.05) is 18.5 Å². The van der Waals surface area contributed by atoms with E-state index in [0.717, 1.165) is 24.5 Å². The number of nitrogens with one attached hydrogen (secondary N) is 1. The zero-order valence-corrected chi connectivity index (χ0v) is 11.6. The number of aromatic nitrogens is 3. The average molecular weight is 261 g/mol. The number of hydrogen-bond acceptors (Lipinski definition) is 6. The van der Waals surface area contributed by atoms with Crippen LogP contribution in [0.3, 0.4) is 0 Å². The Morgan fingerprint density at radius 3 is 2.79 bits per heavy atom. The molecule has 0 spiro atoms. The first-order valence-corrected chi connectivity index (χ1v) is 6.42. The molecule has 0 atom stereocenters. The first kappa shape index (κ1) is 13.3. The molecule has 6 nitrogen and oxygen atoms in total. The fourth-order valence-corrected chi connectivity index (χ4v) is 1.69. The summed E-state index contributed by atoms with van der Waals surface area (Å²) >= 11 is 0. The van der Waals surface area contributed by atoms with Crippen molar-refractivity contribution in [2.24, 2.45) is 0 Å². The number of hydrogen-bond donors (Lipinski definition) is 1. The van der Waals surface area contributed by atoms with Crippen molar-refractivity contribution in [3.63, 3.8) is 0 Å². The molecule has 0 amide bonds. The van der Waals surface area contributed by atoms with Gasteiger partial charge in [-0.3, -0.25) is 0 Å². The molecule has 0 fully saturated rings. The van der Waals surface area contributed by atoms with E-state index in [2.05, 4.69) is 32.3 Å². The molecule has 2 aromatic rings. The highest BCUT2D eigenvalue weighted by atomic mass is 16.5. The molecule has 1 N–H and O–H groups in total. The normalized spacial score (nSPS) is 10.5. The van der Waals surface area contributed by atoms with Gasteiger partial charge in [0.15, 0.2) is 5.82 Å². The maximum Gasteiger partial charge on any atom is 0.175 e. The Labute approximate surface area is 112 Å². The van der Waals surface area contributed by atoms with Gasteiger partial charge in [0, 0.05) is 25.7 Å². The van der Waals surface area contributed by atoms with Crippen LogP contribution >= 0.6 is 0 Å². The van der Waals surface area contributed by atoms with Crippen LogP contribution in [0.4, 0.5) is 17.5 Å². The lowest BCUT2D eigenvalue weighted by Gasteiger charge is -2.17. The fourth-order valence-electron chi connectivity index (χ4n) is 1.69. The van der Waals surface area contributed by atoms with Gasteiger partial charge < -0.3 is 14.7 Å². The summed E-state index contributed by atoms with van der Waals surface area (Å²) in [6.45, 7) is 5.01. The Balaban J connectivity index is 2.06. The van der Waals surface area contributed by atoms with E-state index in [1.807, 2.05) is 26.1 Å². The summed E-state index contributed by atoms with van der Waals surface area (Å²) in [5.74, 6) is 3.02. The van der Waals surface area contributed by atoms with Crippen LogP contribution in [0.2, 0.25) is 0 Å². The Hall–Kier alpha value is -2.11. The van der Waals surface area contributed by atoms with Gasteiger partial charge in [-0.2, -0.15) is 0 Å². The van der Waals surface area contributed by atoms with Crippen LogP contribution in [0.15, 0.2) is 23.0 Å². The zero-order chi connectivity index (χ0) is 13.7. The van der Waals surface area contributed by atoms with Crippen molar-refractivity contribution in [3.8, 4) is 0 Å². The summed E-state index contributed by atoms with van der Waals surface area (Å²) in [5.41, 5.74) is 0. The third-order valence-corrected chi connectivity index (χ3v) is 2.77. The fraction of sp³-hybridized carbons (Fsp3) is 0.462. The molecule has 0 saturated heterocycles. The van der Waals surface area contributed by atoms with Crippen LogP contribution in [-0.4, -0.2) is 28.7 Å². The summed E-state index contributed by atoms with van der Waals surface area (Å²) < 4.78 is 5.00. The van der Waals surface area contributed by atoms with Crippen LogP contribution < -0.4 is 10.2 Å². The first-order chi connectivity index (χ1) is 9.19. The molecular formula is C13H19N5O. The molecule has 19 heavy (non-hydrogen) atoms. The number of aryl methyl sites for hydroxylation is 1. The van der Waals surface area contributed by atoms with Crippen LogP contribution in [0.25, 0.3) is 0 Å². The second-order valence-corrected chi connectivity index (χ2v) is 4.48. The van der Waals surface area contributed by atoms with E-state index in [1.54, 1.807) is 6.33 Å². The van der Waals surface area contributed by atoms with E-state index in [-0.39, 0.29) is 0 Å². The van der Waals surface area contributed by atoms with Crippen molar-refractivity contribution < 1.29 is 4.52 Å². The van der Waals surface area contributed by atoms with Gasteiger partial charge >= 0.3 is 0 Å². The SMILES string of the molecule is CCCCN(C)c1cc(Nc2cc(C)on2)ncn1. The van der Waals surface area contributed by atoms with Crippen LogP contribution in [0, 0.1) is 6.92 Å². The van der Waals surface area contributed by atoms with Gasteiger partial charge in [0.05, 0.1) is 0 Å². The van der Waals surface area contributed by atoms with Crippen molar-refractivity contribution in [1.29, 1.82) is 0 Å². The van der Waals surface area contributed by atoms with Gasteiger partial charge in [0.25, 0.3) is 0 Å². The van der Waals surface area contributed by atoms with E-state index < -0.39 is 0 Å². The molecule has 102 valence electrons. The predicted octanol–water partition coefficient (Wildman–Crippen LogP) is 2.75. The van der Waals surface area contributed by atoms with E-state index in [1.165, 1.54) is 6.42 Å². The summed E-state index contributed by atoms with van der Waals surface area (Å²) in [5, 5.41) is 6.97. The molecular weight excluding hydrogens is 242 g/mol. The van der Waals surface area contributed by atoms with E-state index >= 15 is 0 Å². The van der Waals surface area contributed by atoms with Crippen molar-refractivity contribution >= 4 is 17.5 Å². The zero-order valence-electron chi connectivity index (χ0n) is 11.6. The second kappa shape index (κ2) is 6.17. The Kier molecular flexibility index (Phi) is 4.33. The van der Waals surface area contributed by atoms with Gasteiger partial charge in [0.1, 0.15) is 23.7 Å². The summed E-state index contributed by atoms with van der Waals surface area (Å²) in [6, 6.07) is 3.72. The number of nitrogens with zero attached hydrogens (tertiary/aromatic N) is 4. The minimum Gasteiger partial charge on any atom is -0.360 e. The molecule has 0 aliphatic carbocycles. The molecule has 6 heteroatoms. The minimum atomic E-state index is 0.651. The standard InChI is InChI=1S/C13H19N5O/c1-4-5-6-18(3)13-8-11(14-9-15-13)16-12-7-10(2)19-17-12/h7-9H,4-6H2,1-3H3,(H,14,15,16,17). The monoisotopic (exact) mass is 261 g/mol. The van der Waals surface area contributed by atoms with Crippen LogP contribution in [0.5, 0.6) is 0 Å². The Morgan fingerprint density at radius 1 is 1.26 bits per heavy atom. The lowest BCUT2D eigenvalue weighted by atomic mass is 10.3. The molecule has 0 aliphatic rings. The maximum absolute atomic E-state index is 5.00. The van der Waals surface area contributed by atoms with Crippen molar-refractivity contribution in [3.05, 3.63) is 24.2 Å². The maximum atomic E-state index is 5.00. The highest BCUT2D eigenvalue weighted by Crippen LogP contribution is 2.17. The first-order valence-electron chi connectivity index (χ1n) is 6.42. The van der Waals surface area contributed by atoms with E-state index in [4.69, 9.17) is 4.52 Å².